The third kappa shape index (κ3) is 4.01. The molecule has 0 spiro atoms. The number of rotatable bonds is 3. The normalized spacial score (nSPS) is 22.9. The van der Waals surface area contributed by atoms with Gasteiger partial charge in [-0.25, -0.2) is 8.42 Å². The SMILES string of the molecule is O=S1(=O)CCCC(NCc2ncc(Br)cc2Br)C1. The molecule has 0 aliphatic carbocycles. The Morgan fingerprint density at radius 2 is 2.22 bits per heavy atom. The van der Waals surface area contributed by atoms with Crippen LogP contribution in [0.2, 0.25) is 0 Å². The summed E-state index contributed by atoms with van der Waals surface area (Å²) < 4.78 is 24.9. The second kappa shape index (κ2) is 5.98. The van der Waals surface area contributed by atoms with Crippen LogP contribution in [0, 0.1) is 0 Å². The molecular weight excluding hydrogens is 384 g/mol. The lowest BCUT2D eigenvalue weighted by Crippen LogP contribution is -2.39. The van der Waals surface area contributed by atoms with Gasteiger partial charge in [-0.15, -0.1) is 0 Å². The summed E-state index contributed by atoms with van der Waals surface area (Å²) in [6.45, 7) is 0.577. The fourth-order valence-electron chi connectivity index (χ4n) is 2.00. The number of hydrogen-bond donors (Lipinski definition) is 1. The summed E-state index contributed by atoms with van der Waals surface area (Å²) in [6, 6.07) is 1.97. The van der Waals surface area contributed by atoms with Crippen LogP contribution in [0.25, 0.3) is 0 Å². The van der Waals surface area contributed by atoms with Crippen molar-refractivity contribution in [1.82, 2.24) is 10.3 Å². The predicted octanol–water partition coefficient (Wildman–Crippen LogP) is 2.27. The van der Waals surface area contributed by atoms with Crippen LogP contribution >= 0.6 is 31.9 Å². The third-order valence-corrected chi connectivity index (χ3v) is 5.85. The van der Waals surface area contributed by atoms with Crippen LogP contribution in [-0.2, 0) is 16.4 Å². The molecule has 4 nitrogen and oxygen atoms in total. The van der Waals surface area contributed by atoms with Gasteiger partial charge < -0.3 is 5.32 Å². The van der Waals surface area contributed by atoms with Gasteiger partial charge in [0.2, 0.25) is 0 Å². The molecule has 7 heteroatoms. The van der Waals surface area contributed by atoms with Crippen molar-refractivity contribution in [2.45, 2.75) is 25.4 Å². The van der Waals surface area contributed by atoms with Crippen molar-refractivity contribution < 1.29 is 8.42 Å². The summed E-state index contributed by atoms with van der Waals surface area (Å²) in [7, 11) is -2.86. The standard InChI is InChI=1S/C11H14Br2N2O2S/c12-8-4-10(13)11(15-5-8)6-14-9-2-1-3-18(16,17)7-9/h4-5,9,14H,1-3,6-7H2. The summed E-state index contributed by atoms with van der Waals surface area (Å²) in [5.41, 5.74) is 0.890. The minimum Gasteiger partial charge on any atom is -0.307 e. The Balaban J connectivity index is 1.95. The number of sulfone groups is 1. The Morgan fingerprint density at radius 3 is 2.89 bits per heavy atom. The van der Waals surface area contributed by atoms with Gasteiger partial charge in [0.25, 0.3) is 0 Å². The summed E-state index contributed by atoms with van der Waals surface area (Å²) in [4.78, 5) is 4.29. The lowest BCUT2D eigenvalue weighted by Gasteiger charge is -2.23. The van der Waals surface area contributed by atoms with Crippen molar-refractivity contribution in [3.8, 4) is 0 Å². The highest BCUT2D eigenvalue weighted by Gasteiger charge is 2.24. The van der Waals surface area contributed by atoms with Crippen LogP contribution in [0.1, 0.15) is 18.5 Å². The zero-order valence-corrected chi connectivity index (χ0v) is 13.7. The molecule has 1 atom stereocenters. The minimum absolute atomic E-state index is 0.0427. The predicted molar refractivity (Wildman–Crippen MR) is 78.2 cm³/mol. The van der Waals surface area contributed by atoms with E-state index in [1.807, 2.05) is 6.07 Å². The summed E-state index contributed by atoms with van der Waals surface area (Å²) in [5, 5.41) is 3.27. The first kappa shape index (κ1) is 14.4. The molecule has 1 aromatic rings. The van der Waals surface area contributed by atoms with Gasteiger partial charge in [0.1, 0.15) is 0 Å². The van der Waals surface area contributed by atoms with Gasteiger partial charge in [0, 0.05) is 27.7 Å². The first-order valence-electron chi connectivity index (χ1n) is 5.70. The van der Waals surface area contributed by atoms with E-state index in [-0.39, 0.29) is 11.8 Å². The first-order chi connectivity index (χ1) is 8.46. The lowest BCUT2D eigenvalue weighted by molar-refractivity contribution is 0.477. The molecule has 1 fully saturated rings. The minimum atomic E-state index is -2.86. The van der Waals surface area contributed by atoms with Gasteiger partial charge in [-0.1, -0.05) is 0 Å². The Morgan fingerprint density at radius 1 is 1.44 bits per heavy atom. The number of hydrogen-bond acceptors (Lipinski definition) is 4. The van der Waals surface area contributed by atoms with E-state index in [0.29, 0.717) is 12.3 Å². The lowest BCUT2D eigenvalue weighted by atomic mass is 10.2. The van der Waals surface area contributed by atoms with Crippen LogP contribution in [0.5, 0.6) is 0 Å². The average Bonchev–Trinajstić information content (AvgIpc) is 2.26. The monoisotopic (exact) mass is 396 g/mol. The van der Waals surface area contributed by atoms with E-state index in [1.165, 1.54) is 0 Å². The fraction of sp³-hybridized carbons (Fsp3) is 0.545. The van der Waals surface area contributed by atoms with Crippen molar-refractivity contribution in [3.63, 3.8) is 0 Å². The number of aromatic nitrogens is 1. The van der Waals surface area contributed by atoms with Crippen LogP contribution in [-0.4, -0.2) is 30.9 Å². The molecule has 1 aromatic heterocycles. The molecule has 1 unspecified atom stereocenters. The van der Waals surface area contributed by atoms with Crippen molar-refractivity contribution in [2.75, 3.05) is 11.5 Å². The molecule has 1 N–H and O–H groups in total. The molecule has 0 aromatic carbocycles. The Kier molecular flexibility index (Phi) is 4.80. The summed E-state index contributed by atoms with van der Waals surface area (Å²) >= 11 is 6.79. The van der Waals surface area contributed by atoms with Crippen LogP contribution in [0.4, 0.5) is 0 Å². The van der Waals surface area contributed by atoms with E-state index in [1.54, 1.807) is 6.20 Å². The van der Waals surface area contributed by atoms with Crippen LogP contribution in [0.15, 0.2) is 21.2 Å². The number of nitrogens with zero attached hydrogens (tertiary/aromatic N) is 1. The Hall–Kier alpha value is 0.0200. The van der Waals surface area contributed by atoms with Crippen molar-refractivity contribution >= 4 is 41.7 Å². The quantitative estimate of drug-likeness (QED) is 0.849. The van der Waals surface area contributed by atoms with E-state index in [9.17, 15) is 8.42 Å². The molecule has 2 heterocycles. The molecule has 0 radical (unpaired) electrons. The summed E-state index contributed by atoms with van der Waals surface area (Å²) in [6.07, 6.45) is 3.39. The van der Waals surface area contributed by atoms with E-state index in [4.69, 9.17) is 0 Å². The molecule has 0 amide bonds. The molecule has 1 aliphatic rings. The van der Waals surface area contributed by atoms with Crippen LogP contribution in [0.3, 0.4) is 0 Å². The van der Waals surface area contributed by atoms with E-state index in [0.717, 1.165) is 27.5 Å². The third-order valence-electron chi connectivity index (χ3n) is 2.91. The first-order valence-corrected chi connectivity index (χ1v) is 9.11. The largest absolute Gasteiger partial charge is 0.307 e. The van der Waals surface area contributed by atoms with Gasteiger partial charge in [-0.3, -0.25) is 4.98 Å². The average molecular weight is 398 g/mol. The molecule has 100 valence electrons. The fourth-order valence-corrected chi connectivity index (χ4v) is 4.80. The zero-order valence-electron chi connectivity index (χ0n) is 9.70. The topological polar surface area (TPSA) is 59.1 Å². The maximum absolute atomic E-state index is 11.5. The van der Waals surface area contributed by atoms with Crippen LogP contribution < -0.4 is 5.32 Å². The van der Waals surface area contributed by atoms with Crippen molar-refractivity contribution in [2.24, 2.45) is 0 Å². The molecule has 0 bridgehead atoms. The Bertz CT molecular complexity index is 534. The van der Waals surface area contributed by atoms with Gasteiger partial charge in [0.05, 0.1) is 17.2 Å². The zero-order chi connectivity index (χ0) is 13.2. The molecule has 1 aliphatic heterocycles. The van der Waals surface area contributed by atoms with Gasteiger partial charge >= 0.3 is 0 Å². The van der Waals surface area contributed by atoms with Crippen molar-refractivity contribution in [1.29, 1.82) is 0 Å². The molecule has 0 saturated carbocycles. The molecule has 1 saturated heterocycles. The summed E-state index contributed by atoms with van der Waals surface area (Å²) in [5.74, 6) is 0.562. The number of halogens is 2. The second-order valence-corrected chi connectivity index (χ2v) is 8.42. The Labute approximate surface area is 124 Å². The number of nitrogens with one attached hydrogen (secondary N) is 1. The highest BCUT2D eigenvalue weighted by molar-refractivity contribution is 9.11. The molecule has 2 rings (SSSR count). The van der Waals surface area contributed by atoms with Crippen molar-refractivity contribution in [3.05, 3.63) is 26.9 Å². The van der Waals surface area contributed by atoms with Gasteiger partial charge in [-0.2, -0.15) is 0 Å². The maximum atomic E-state index is 11.5. The maximum Gasteiger partial charge on any atom is 0.151 e. The highest BCUT2D eigenvalue weighted by Crippen LogP contribution is 2.20. The van der Waals surface area contributed by atoms with Gasteiger partial charge in [0.15, 0.2) is 9.84 Å². The van der Waals surface area contributed by atoms with E-state index < -0.39 is 9.84 Å². The molecular formula is C11H14Br2N2O2S. The second-order valence-electron chi connectivity index (χ2n) is 4.42. The number of pyridine rings is 1. The smallest absolute Gasteiger partial charge is 0.151 e. The van der Waals surface area contributed by atoms with E-state index in [2.05, 4.69) is 42.2 Å². The molecule has 18 heavy (non-hydrogen) atoms. The van der Waals surface area contributed by atoms with Gasteiger partial charge in [-0.05, 0) is 50.8 Å². The van der Waals surface area contributed by atoms with E-state index >= 15 is 0 Å². The highest BCUT2D eigenvalue weighted by atomic mass is 79.9.